The van der Waals surface area contributed by atoms with Crippen molar-refractivity contribution in [3.63, 3.8) is 0 Å². The van der Waals surface area contributed by atoms with Gasteiger partial charge < -0.3 is 11.1 Å². The smallest absolute Gasteiger partial charge is 0.257 e. The summed E-state index contributed by atoms with van der Waals surface area (Å²) in [5.41, 5.74) is 11.0. The van der Waals surface area contributed by atoms with Crippen molar-refractivity contribution in [3.05, 3.63) is 95.0 Å². The lowest BCUT2D eigenvalue weighted by atomic mass is 10.2. The number of hydrogen-bond donors (Lipinski definition) is 2. The maximum absolute atomic E-state index is 13.2. The van der Waals surface area contributed by atoms with Crippen LogP contribution in [-0.2, 0) is 6.54 Å². The Labute approximate surface area is 183 Å². The largest absolute Gasteiger partial charge is 0.384 e. The molecule has 0 aliphatic rings. The number of hydrogen-bond acceptors (Lipinski definition) is 4. The van der Waals surface area contributed by atoms with Crippen LogP contribution in [0.15, 0.2) is 78.9 Å². The van der Waals surface area contributed by atoms with Crippen molar-refractivity contribution < 1.29 is 4.79 Å². The number of nitrogens with zero attached hydrogens (tertiary/aromatic N) is 3. The highest BCUT2D eigenvalue weighted by atomic mass is 35.5. The zero-order chi connectivity index (χ0) is 21.4. The van der Waals surface area contributed by atoms with E-state index in [0.29, 0.717) is 39.6 Å². The third-order valence-electron chi connectivity index (χ3n) is 5.11. The van der Waals surface area contributed by atoms with Crippen molar-refractivity contribution in [1.29, 1.82) is 0 Å². The number of carbonyl (C=O) groups excluding carboxylic acids is 1. The monoisotopic (exact) mass is 427 g/mol. The van der Waals surface area contributed by atoms with Crippen LogP contribution in [0.4, 0.5) is 5.82 Å². The second-order valence-electron chi connectivity index (χ2n) is 7.12. The fraction of sp³-hybridized carbons (Fsp3) is 0.0417. The van der Waals surface area contributed by atoms with Crippen LogP contribution in [0.3, 0.4) is 0 Å². The number of fused-ring (bicyclic) bond motifs is 2. The van der Waals surface area contributed by atoms with Crippen LogP contribution in [-0.4, -0.2) is 20.4 Å². The standard InChI is InChI=1S/C24H18ClN5O/c25-16-12-10-15(11-13-16)14-27-24(31)20-21-23(29-19-9-5-4-8-18(19)28-21)30(22(20)26)17-6-2-1-3-7-17/h1-13H,14,26H2,(H,27,31). The molecule has 7 heteroatoms. The average Bonchev–Trinajstić information content (AvgIpc) is 3.08. The Bertz CT molecular complexity index is 1410. The second kappa shape index (κ2) is 7.74. The van der Waals surface area contributed by atoms with E-state index in [1.165, 1.54) is 0 Å². The molecular formula is C24H18ClN5O. The molecule has 0 unspecified atom stereocenters. The highest BCUT2D eigenvalue weighted by Crippen LogP contribution is 2.30. The molecule has 1 amide bonds. The van der Waals surface area contributed by atoms with Gasteiger partial charge in [0.15, 0.2) is 5.65 Å². The molecule has 2 aromatic heterocycles. The van der Waals surface area contributed by atoms with Gasteiger partial charge in [-0.25, -0.2) is 9.97 Å². The summed E-state index contributed by atoms with van der Waals surface area (Å²) in [4.78, 5) is 22.7. The molecule has 0 aliphatic carbocycles. The lowest BCUT2D eigenvalue weighted by Gasteiger charge is -2.08. The number of aromatic nitrogens is 3. The third-order valence-corrected chi connectivity index (χ3v) is 5.36. The van der Waals surface area contributed by atoms with Crippen LogP contribution >= 0.6 is 11.6 Å². The minimum Gasteiger partial charge on any atom is -0.384 e. The molecule has 3 aromatic carbocycles. The summed E-state index contributed by atoms with van der Waals surface area (Å²) < 4.78 is 1.77. The van der Waals surface area contributed by atoms with Crippen molar-refractivity contribution in [3.8, 4) is 5.69 Å². The van der Waals surface area contributed by atoms with Crippen LogP contribution in [0, 0.1) is 0 Å². The lowest BCUT2D eigenvalue weighted by molar-refractivity contribution is 0.0953. The Morgan fingerprint density at radius 2 is 1.55 bits per heavy atom. The van der Waals surface area contributed by atoms with E-state index in [2.05, 4.69) is 5.32 Å². The van der Waals surface area contributed by atoms with Gasteiger partial charge in [0.1, 0.15) is 16.9 Å². The zero-order valence-corrected chi connectivity index (χ0v) is 17.2. The normalized spacial score (nSPS) is 11.1. The maximum atomic E-state index is 13.2. The van der Waals surface area contributed by atoms with E-state index in [1.54, 1.807) is 16.7 Å². The minimum atomic E-state index is -0.309. The van der Waals surface area contributed by atoms with Crippen LogP contribution < -0.4 is 11.1 Å². The van der Waals surface area contributed by atoms with Crippen LogP contribution in [0.5, 0.6) is 0 Å². The molecule has 2 heterocycles. The predicted molar refractivity (Wildman–Crippen MR) is 123 cm³/mol. The fourth-order valence-corrected chi connectivity index (χ4v) is 3.72. The first-order chi connectivity index (χ1) is 15.1. The summed E-state index contributed by atoms with van der Waals surface area (Å²) in [7, 11) is 0. The molecule has 31 heavy (non-hydrogen) atoms. The first-order valence-electron chi connectivity index (χ1n) is 9.76. The number of para-hydroxylation sites is 3. The van der Waals surface area contributed by atoms with Gasteiger partial charge in [-0.2, -0.15) is 0 Å². The van der Waals surface area contributed by atoms with E-state index in [4.69, 9.17) is 27.3 Å². The molecule has 0 aliphatic heterocycles. The molecule has 0 fully saturated rings. The number of nitrogens with two attached hydrogens (primary N) is 1. The number of nitrogens with one attached hydrogen (secondary N) is 1. The van der Waals surface area contributed by atoms with Crippen LogP contribution in [0.25, 0.3) is 27.9 Å². The molecule has 3 N–H and O–H groups in total. The number of halogens is 1. The maximum Gasteiger partial charge on any atom is 0.257 e. The molecule has 0 radical (unpaired) electrons. The lowest BCUT2D eigenvalue weighted by Crippen LogP contribution is -2.24. The summed E-state index contributed by atoms with van der Waals surface area (Å²) in [5, 5.41) is 3.58. The van der Waals surface area contributed by atoms with Crippen molar-refractivity contribution in [2.45, 2.75) is 6.54 Å². The van der Waals surface area contributed by atoms with Crippen molar-refractivity contribution in [2.24, 2.45) is 0 Å². The number of rotatable bonds is 4. The Balaban J connectivity index is 1.64. The van der Waals surface area contributed by atoms with Gasteiger partial charge in [-0.1, -0.05) is 54.1 Å². The van der Waals surface area contributed by atoms with E-state index in [-0.39, 0.29) is 5.91 Å². The Kier molecular flexibility index (Phi) is 4.76. The third kappa shape index (κ3) is 3.47. The molecule has 5 aromatic rings. The second-order valence-corrected chi connectivity index (χ2v) is 7.56. The van der Waals surface area contributed by atoms with E-state index in [1.807, 2.05) is 66.7 Å². The van der Waals surface area contributed by atoms with Gasteiger partial charge in [0, 0.05) is 17.3 Å². The fourth-order valence-electron chi connectivity index (χ4n) is 3.60. The quantitative estimate of drug-likeness (QED) is 0.433. The summed E-state index contributed by atoms with van der Waals surface area (Å²) in [6, 6.07) is 24.4. The molecule has 0 bridgehead atoms. The summed E-state index contributed by atoms with van der Waals surface area (Å²) in [5.74, 6) is -0.0122. The Morgan fingerprint density at radius 1 is 0.903 bits per heavy atom. The molecule has 5 rings (SSSR count). The van der Waals surface area contributed by atoms with Gasteiger partial charge in [-0.3, -0.25) is 9.36 Å². The number of nitrogen functional groups attached to an aromatic ring is 1. The van der Waals surface area contributed by atoms with Crippen LogP contribution in [0.1, 0.15) is 15.9 Å². The highest BCUT2D eigenvalue weighted by Gasteiger charge is 2.24. The highest BCUT2D eigenvalue weighted by molar-refractivity contribution is 6.30. The number of benzene rings is 3. The van der Waals surface area contributed by atoms with Crippen molar-refractivity contribution in [2.75, 3.05) is 5.73 Å². The summed E-state index contributed by atoms with van der Waals surface area (Å²) in [6.07, 6.45) is 0. The van der Waals surface area contributed by atoms with E-state index in [0.717, 1.165) is 16.8 Å². The molecule has 0 spiro atoms. The molecule has 0 saturated carbocycles. The van der Waals surface area contributed by atoms with Crippen LogP contribution in [0.2, 0.25) is 5.02 Å². The molecule has 6 nitrogen and oxygen atoms in total. The zero-order valence-electron chi connectivity index (χ0n) is 16.4. The van der Waals surface area contributed by atoms with E-state index < -0.39 is 0 Å². The van der Waals surface area contributed by atoms with Gasteiger partial charge in [0.2, 0.25) is 0 Å². The van der Waals surface area contributed by atoms with Gasteiger partial charge in [-0.15, -0.1) is 0 Å². The van der Waals surface area contributed by atoms with Crippen molar-refractivity contribution >= 4 is 45.5 Å². The number of carbonyl (C=O) groups is 1. The molecule has 0 atom stereocenters. The van der Waals surface area contributed by atoms with Gasteiger partial charge in [0.25, 0.3) is 5.91 Å². The Morgan fingerprint density at radius 3 is 2.26 bits per heavy atom. The summed E-state index contributed by atoms with van der Waals surface area (Å²) >= 11 is 5.94. The van der Waals surface area contributed by atoms with Gasteiger partial charge >= 0.3 is 0 Å². The first kappa shape index (κ1) is 19.1. The average molecular weight is 428 g/mol. The SMILES string of the molecule is Nc1c(C(=O)NCc2ccc(Cl)cc2)c2nc3ccccc3nc2n1-c1ccccc1. The van der Waals surface area contributed by atoms with Gasteiger partial charge in [0.05, 0.1) is 11.0 Å². The summed E-state index contributed by atoms with van der Waals surface area (Å²) in [6.45, 7) is 0.342. The topological polar surface area (TPSA) is 85.8 Å². The van der Waals surface area contributed by atoms with E-state index in [9.17, 15) is 4.79 Å². The van der Waals surface area contributed by atoms with E-state index >= 15 is 0 Å². The molecule has 0 saturated heterocycles. The van der Waals surface area contributed by atoms with Gasteiger partial charge in [-0.05, 0) is 42.0 Å². The molecular weight excluding hydrogens is 410 g/mol. The minimum absolute atomic E-state index is 0.296. The predicted octanol–water partition coefficient (Wildman–Crippen LogP) is 4.74. The number of amides is 1. The van der Waals surface area contributed by atoms with Crippen molar-refractivity contribution in [1.82, 2.24) is 19.9 Å². The number of anilines is 1. The first-order valence-corrected chi connectivity index (χ1v) is 10.1. The Hall–Kier alpha value is -3.90. The molecule has 152 valence electrons.